The highest BCUT2D eigenvalue weighted by molar-refractivity contribution is 6.43. The van der Waals surface area contributed by atoms with Crippen LogP contribution in [0.4, 0.5) is 0 Å². The van der Waals surface area contributed by atoms with Crippen LogP contribution in [0.15, 0.2) is 24.5 Å². The molecule has 17 heavy (non-hydrogen) atoms. The molecule has 0 aliphatic rings. The Morgan fingerprint density at radius 1 is 1.41 bits per heavy atom. The van der Waals surface area contributed by atoms with Crippen LogP contribution in [0, 0.1) is 0 Å². The standard InChI is InChI=1S/C10H8Cl2N4O/c11-7-3-1-2-6(9(7)12)10(17)13-4-8-14-5-15-16-8/h1-3,5H,4H2,(H,13,17)(H,14,15,16). The zero-order chi connectivity index (χ0) is 12.3. The molecule has 7 heteroatoms. The number of H-pyrrole nitrogens is 1. The highest BCUT2D eigenvalue weighted by Crippen LogP contribution is 2.25. The first-order valence-electron chi connectivity index (χ1n) is 4.75. The Morgan fingerprint density at radius 2 is 2.24 bits per heavy atom. The minimum atomic E-state index is -0.311. The summed E-state index contributed by atoms with van der Waals surface area (Å²) in [5.41, 5.74) is 0.332. The van der Waals surface area contributed by atoms with Gasteiger partial charge in [0.1, 0.15) is 12.2 Å². The van der Waals surface area contributed by atoms with E-state index in [0.717, 1.165) is 0 Å². The summed E-state index contributed by atoms with van der Waals surface area (Å²) in [4.78, 5) is 15.7. The van der Waals surface area contributed by atoms with Gasteiger partial charge in [-0.2, -0.15) is 5.10 Å². The smallest absolute Gasteiger partial charge is 0.253 e. The molecule has 2 aromatic rings. The number of amides is 1. The molecule has 0 aliphatic heterocycles. The van der Waals surface area contributed by atoms with Crippen LogP contribution in [0.1, 0.15) is 16.2 Å². The first-order valence-corrected chi connectivity index (χ1v) is 5.50. The molecule has 0 spiro atoms. The summed E-state index contributed by atoms with van der Waals surface area (Å²) in [6, 6.07) is 4.89. The van der Waals surface area contributed by atoms with E-state index in [4.69, 9.17) is 23.2 Å². The fraction of sp³-hybridized carbons (Fsp3) is 0.100. The van der Waals surface area contributed by atoms with Crippen LogP contribution < -0.4 is 5.32 Å². The van der Waals surface area contributed by atoms with Gasteiger partial charge in [-0.15, -0.1) is 0 Å². The predicted molar refractivity (Wildman–Crippen MR) is 64.0 cm³/mol. The summed E-state index contributed by atoms with van der Waals surface area (Å²) in [5, 5.41) is 9.54. The van der Waals surface area contributed by atoms with Gasteiger partial charge in [-0.1, -0.05) is 29.3 Å². The lowest BCUT2D eigenvalue weighted by Gasteiger charge is -2.05. The van der Waals surface area contributed by atoms with Crippen molar-refractivity contribution in [1.82, 2.24) is 20.5 Å². The molecule has 5 nitrogen and oxygen atoms in total. The van der Waals surface area contributed by atoms with E-state index in [1.54, 1.807) is 18.2 Å². The number of benzene rings is 1. The van der Waals surface area contributed by atoms with Crippen molar-refractivity contribution in [3.05, 3.63) is 46.0 Å². The van der Waals surface area contributed by atoms with Crippen molar-refractivity contribution < 1.29 is 4.79 Å². The molecule has 0 radical (unpaired) electrons. The van der Waals surface area contributed by atoms with Gasteiger partial charge in [0.15, 0.2) is 0 Å². The second-order valence-corrected chi connectivity index (χ2v) is 4.00. The van der Waals surface area contributed by atoms with E-state index in [9.17, 15) is 4.79 Å². The summed E-state index contributed by atoms with van der Waals surface area (Å²) in [7, 11) is 0. The molecule has 1 aromatic carbocycles. The van der Waals surface area contributed by atoms with E-state index in [0.29, 0.717) is 16.4 Å². The molecular formula is C10H8Cl2N4O. The van der Waals surface area contributed by atoms with Crippen molar-refractivity contribution >= 4 is 29.1 Å². The van der Waals surface area contributed by atoms with Crippen LogP contribution in [0.25, 0.3) is 0 Å². The molecule has 1 aromatic heterocycles. The SMILES string of the molecule is O=C(NCc1ncn[nH]1)c1cccc(Cl)c1Cl. The molecule has 0 saturated carbocycles. The molecule has 1 heterocycles. The fourth-order valence-electron chi connectivity index (χ4n) is 1.25. The molecule has 88 valence electrons. The molecule has 0 aliphatic carbocycles. The number of carbonyl (C=O) groups excluding carboxylic acids is 1. The Labute approximate surface area is 107 Å². The molecule has 0 fully saturated rings. The van der Waals surface area contributed by atoms with E-state index < -0.39 is 0 Å². The zero-order valence-electron chi connectivity index (χ0n) is 8.58. The normalized spacial score (nSPS) is 10.2. The topological polar surface area (TPSA) is 70.7 Å². The molecule has 2 N–H and O–H groups in total. The lowest BCUT2D eigenvalue weighted by atomic mass is 10.2. The Bertz CT molecular complexity index is 527. The Hall–Kier alpha value is -1.59. The second kappa shape index (κ2) is 5.16. The average molecular weight is 271 g/mol. The number of carbonyl (C=O) groups is 1. The van der Waals surface area contributed by atoms with Gasteiger partial charge in [-0.05, 0) is 12.1 Å². The summed E-state index contributed by atoms with van der Waals surface area (Å²) in [6.45, 7) is 0.252. The lowest BCUT2D eigenvalue weighted by molar-refractivity contribution is 0.0950. The molecule has 2 rings (SSSR count). The highest BCUT2D eigenvalue weighted by atomic mass is 35.5. The Balaban J connectivity index is 2.07. The number of aromatic amines is 1. The molecule has 0 atom stereocenters. The van der Waals surface area contributed by atoms with Gasteiger partial charge in [0.05, 0.1) is 22.2 Å². The predicted octanol–water partition coefficient (Wildman–Crippen LogP) is 2.04. The minimum Gasteiger partial charge on any atom is -0.345 e. The molecular weight excluding hydrogens is 263 g/mol. The number of aromatic nitrogens is 3. The van der Waals surface area contributed by atoms with Crippen molar-refractivity contribution in [2.45, 2.75) is 6.54 Å². The van der Waals surface area contributed by atoms with Crippen LogP contribution in [-0.4, -0.2) is 21.1 Å². The third-order valence-corrected chi connectivity index (χ3v) is 2.90. The molecule has 0 bridgehead atoms. The van der Waals surface area contributed by atoms with E-state index >= 15 is 0 Å². The molecule has 1 amide bonds. The Kier molecular flexibility index (Phi) is 3.61. The van der Waals surface area contributed by atoms with Crippen molar-refractivity contribution in [3.63, 3.8) is 0 Å². The summed E-state index contributed by atoms with van der Waals surface area (Å²) in [5.74, 6) is 0.255. The maximum Gasteiger partial charge on any atom is 0.253 e. The minimum absolute atomic E-state index is 0.240. The lowest BCUT2D eigenvalue weighted by Crippen LogP contribution is -2.23. The van der Waals surface area contributed by atoms with E-state index in [1.807, 2.05) is 0 Å². The van der Waals surface area contributed by atoms with E-state index in [2.05, 4.69) is 20.5 Å². The summed E-state index contributed by atoms with van der Waals surface area (Å²) >= 11 is 11.7. The van der Waals surface area contributed by atoms with Crippen molar-refractivity contribution in [2.75, 3.05) is 0 Å². The first-order chi connectivity index (χ1) is 8.18. The summed E-state index contributed by atoms with van der Waals surface area (Å²) in [6.07, 6.45) is 1.37. The number of nitrogens with zero attached hydrogens (tertiary/aromatic N) is 2. The highest BCUT2D eigenvalue weighted by Gasteiger charge is 2.12. The van der Waals surface area contributed by atoms with Crippen molar-refractivity contribution in [1.29, 1.82) is 0 Å². The molecule has 0 saturated heterocycles. The van der Waals surface area contributed by atoms with Crippen LogP contribution in [-0.2, 0) is 6.54 Å². The summed E-state index contributed by atoms with van der Waals surface area (Å²) < 4.78 is 0. The van der Waals surface area contributed by atoms with Gasteiger partial charge in [0.2, 0.25) is 0 Å². The fourth-order valence-corrected chi connectivity index (χ4v) is 1.64. The quantitative estimate of drug-likeness (QED) is 0.897. The van der Waals surface area contributed by atoms with Gasteiger partial charge < -0.3 is 5.32 Å². The number of hydrogen-bond acceptors (Lipinski definition) is 3. The van der Waals surface area contributed by atoms with Gasteiger partial charge >= 0.3 is 0 Å². The van der Waals surface area contributed by atoms with Crippen LogP contribution in [0.2, 0.25) is 10.0 Å². The van der Waals surface area contributed by atoms with Crippen molar-refractivity contribution in [3.8, 4) is 0 Å². The maximum absolute atomic E-state index is 11.8. The number of halogens is 2. The number of hydrogen-bond donors (Lipinski definition) is 2. The van der Waals surface area contributed by atoms with Gasteiger partial charge in [0, 0.05) is 0 Å². The molecule has 0 unspecified atom stereocenters. The van der Waals surface area contributed by atoms with E-state index in [-0.39, 0.29) is 17.5 Å². The van der Waals surface area contributed by atoms with Gasteiger partial charge in [-0.25, -0.2) is 4.98 Å². The zero-order valence-corrected chi connectivity index (χ0v) is 10.1. The third-order valence-electron chi connectivity index (χ3n) is 2.08. The largest absolute Gasteiger partial charge is 0.345 e. The third kappa shape index (κ3) is 2.75. The number of rotatable bonds is 3. The van der Waals surface area contributed by atoms with Gasteiger partial charge in [-0.3, -0.25) is 9.89 Å². The van der Waals surface area contributed by atoms with Crippen LogP contribution in [0.3, 0.4) is 0 Å². The van der Waals surface area contributed by atoms with Crippen LogP contribution >= 0.6 is 23.2 Å². The van der Waals surface area contributed by atoms with Crippen molar-refractivity contribution in [2.24, 2.45) is 0 Å². The van der Waals surface area contributed by atoms with E-state index in [1.165, 1.54) is 6.33 Å². The average Bonchev–Trinajstić information content (AvgIpc) is 2.82. The number of nitrogens with one attached hydrogen (secondary N) is 2. The first kappa shape index (κ1) is 11.9. The van der Waals surface area contributed by atoms with Crippen LogP contribution in [0.5, 0.6) is 0 Å². The second-order valence-electron chi connectivity index (χ2n) is 3.22. The monoisotopic (exact) mass is 270 g/mol. The Morgan fingerprint density at radius 3 is 2.94 bits per heavy atom. The van der Waals surface area contributed by atoms with Gasteiger partial charge in [0.25, 0.3) is 5.91 Å². The maximum atomic E-state index is 11.8.